The Bertz CT molecular complexity index is 622. The maximum Gasteiger partial charge on any atom is 0.326 e. The van der Waals surface area contributed by atoms with Crippen LogP contribution in [0.2, 0.25) is 0 Å². The molecule has 0 radical (unpaired) electrons. The molecule has 2 aromatic rings. The van der Waals surface area contributed by atoms with E-state index in [1.807, 2.05) is 22.2 Å². The number of carbonyl (C=O) groups excluding carboxylic acids is 1. The van der Waals surface area contributed by atoms with Crippen molar-refractivity contribution in [1.82, 2.24) is 9.88 Å². The van der Waals surface area contributed by atoms with Crippen LogP contribution in [0, 0.1) is 0 Å². The Morgan fingerprint density at radius 3 is 2.76 bits per heavy atom. The lowest BCUT2D eigenvalue weighted by Gasteiger charge is -2.23. The zero-order chi connectivity index (χ0) is 15.4. The molecule has 2 heterocycles. The van der Waals surface area contributed by atoms with Gasteiger partial charge in [0, 0.05) is 23.4 Å². The first-order valence-corrected chi connectivity index (χ1v) is 8.30. The molecular formula is C14H16N2O3S2. The molecule has 0 bridgehead atoms. The number of aromatic nitrogens is 1. The lowest BCUT2D eigenvalue weighted by atomic mass is 10.2. The molecule has 2 aromatic heterocycles. The second-order valence-corrected chi connectivity index (χ2v) is 6.24. The Morgan fingerprint density at radius 2 is 2.19 bits per heavy atom. The minimum absolute atomic E-state index is 0.126. The summed E-state index contributed by atoms with van der Waals surface area (Å²) in [7, 11) is 1.52. The fraction of sp³-hybridized carbons (Fsp3) is 0.357. The van der Waals surface area contributed by atoms with E-state index in [0.717, 1.165) is 10.6 Å². The van der Waals surface area contributed by atoms with Crippen LogP contribution in [0.25, 0.3) is 10.6 Å². The van der Waals surface area contributed by atoms with Crippen molar-refractivity contribution in [2.45, 2.75) is 25.8 Å². The third kappa shape index (κ3) is 3.68. The van der Waals surface area contributed by atoms with Gasteiger partial charge in [-0.1, -0.05) is 6.92 Å². The fourth-order valence-corrected chi connectivity index (χ4v) is 3.51. The molecule has 112 valence electrons. The Labute approximate surface area is 130 Å². The summed E-state index contributed by atoms with van der Waals surface area (Å²) in [4.78, 5) is 28.9. The molecule has 0 fully saturated rings. The zero-order valence-electron chi connectivity index (χ0n) is 11.8. The second-order valence-electron chi connectivity index (χ2n) is 4.60. The van der Waals surface area contributed by atoms with E-state index in [-0.39, 0.29) is 12.3 Å². The van der Waals surface area contributed by atoms with Crippen LogP contribution in [0.15, 0.2) is 22.2 Å². The number of carboxylic acid groups (broad SMARTS) is 1. The zero-order valence-corrected chi connectivity index (χ0v) is 13.4. The van der Waals surface area contributed by atoms with Crippen molar-refractivity contribution in [3.8, 4) is 10.6 Å². The van der Waals surface area contributed by atoms with Gasteiger partial charge in [0.25, 0.3) is 0 Å². The van der Waals surface area contributed by atoms with E-state index in [9.17, 15) is 9.59 Å². The van der Waals surface area contributed by atoms with Gasteiger partial charge in [-0.15, -0.1) is 11.3 Å². The van der Waals surface area contributed by atoms with Crippen LogP contribution in [0.1, 0.15) is 19.0 Å². The molecule has 5 nitrogen and oxygen atoms in total. The van der Waals surface area contributed by atoms with E-state index in [4.69, 9.17) is 5.11 Å². The van der Waals surface area contributed by atoms with Crippen LogP contribution in [0.4, 0.5) is 0 Å². The molecule has 2 rings (SSSR count). The normalized spacial score (nSPS) is 12.1. The number of thiophene rings is 1. The molecule has 21 heavy (non-hydrogen) atoms. The molecule has 1 unspecified atom stereocenters. The Balaban J connectivity index is 2.04. The van der Waals surface area contributed by atoms with Crippen molar-refractivity contribution in [1.29, 1.82) is 0 Å². The standard InChI is InChI=1S/C14H16N2O3S2/c1-3-11(14(18)19)16(2)12(17)6-10-8-21-13(15-10)9-4-5-20-7-9/h4-5,7-8,11H,3,6H2,1-2H3,(H,18,19). The molecule has 0 saturated carbocycles. The lowest BCUT2D eigenvalue weighted by molar-refractivity contribution is -0.148. The lowest BCUT2D eigenvalue weighted by Crippen LogP contribution is -2.42. The quantitative estimate of drug-likeness (QED) is 0.887. The van der Waals surface area contributed by atoms with Crippen molar-refractivity contribution < 1.29 is 14.7 Å². The molecular weight excluding hydrogens is 308 g/mol. The van der Waals surface area contributed by atoms with Crippen molar-refractivity contribution >= 4 is 34.6 Å². The van der Waals surface area contributed by atoms with Crippen LogP contribution in [-0.4, -0.2) is 40.0 Å². The van der Waals surface area contributed by atoms with Gasteiger partial charge in [-0.25, -0.2) is 9.78 Å². The van der Waals surface area contributed by atoms with Gasteiger partial charge in [0.1, 0.15) is 11.0 Å². The van der Waals surface area contributed by atoms with Crippen molar-refractivity contribution in [2.24, 2.45) is 0 Å². The topological polar surface area (TPSA) is 70.5 Å². The maximum absolute atomic E-state index is 12.1. The van der Waals surface area contributed by atoms with Gasteiger partial charge in [0.05, 0.1) is 12.1 Å². The van der Waals surface area contributed by atoms with E-state index in [2.05, 4.69) is 4.98 Å². The van der Waals surface area contributed by atoms with E-state index < -0.39 is 12.0 Å². The molecule has 0 aliphatic heterocycles. The highest BCUT2D eigenvalue weighted by molar-refractivity contribution is 7.14. The van der Waals surface area contributed by atoms with Crippen LogP contribution in [0.5, 0.6) is 0 Å². The van der Waals surface area contributed by atoms with Crippen LogP contribution in [0.3, 0.4) is 0 Å². The summed E-state index contributed by atoms with van der Waals surface area (Å²) >= 11 is 3.09. The number of amides is 1. The molecule has 0 aromatic carbocycles. The third-order valence-electron chi connectivity index (χ3n) is 3.18. The van der Waals surface area contributed by atoms with Gasteiger partial charge in [0.15, 0.2) is 0 Å². The Hall–Kier alpha value is -1.73. The van der Waals surface area contributed by atoms with Crippen molar-refractivity contribution in [3.05, 3.63) is 27.9 Å². The highest BCUT2D eigenvalue weighted by Gasteiger charge is 2.25. The maximum atomic E-state index is 12.1. The largest absolute Gasteiger partial charge is 0.480 e. The van der Waals surface area contributed by atoms with Gasteiger partial charge in [-0.2, -0.15) is 11.3 Å². The number of rotatable bonds is 6. The van der Waals surface area contributed by atoms with Crippen LogP contribution >= 0.6 is 22.7 Å². The number of thiazole rings is 1. The minimum Gasteiger partial charge on any atom is -0.480 e. The number of hydrogen-bond acceptors (Lipinski definition) is 5. The summed E-state index contributed by atoms with van der Waals surface area (Å²) < 4.78 is 0. The first-order valence-electron chi connectivity index (χ1n) is 6.48. The molecule has 0 saturated heterocycles. The van der Waals surface area contributed by atoms with E-state index >= 15 is 0 Å². The molecule has 1 atom stereocenters. The Morgan fingerprint density at radius 1 is 1.43 bits per heavy atom. The summed E-state index contributed by atoms with van der Waals surface area (Å²) in [6.45, 7) is 1.75. The average Bonchev–Trinajstić information content (AvgIpc) is 3.08. The number of carbonyl (C=O) groups is 2. The Kier molecular flexibility index (Phi) is 5.08. The first kappa shape index (κ1) is 15.7. The van der Waals surface area contributed by atoms with Crippen LogP contribution in [-0.2, 0) is 16.0 Å². The fourth-order valence-electron chi connectivity index (χ4n) is 1.97. The SMILES string of the molecule is CCC(C(=O)O)N(C)C(=O)Cc1csc(-c2ccsc2)n1. The monoisotopic (exact) mass is 324 g/mol. The van der Waals surface area contributed by atoms with Gasteiger partial charge in [-0.3, -0.25) is 4.79 Å². The molecule has 1 N–H and O–H groups in total. The summed E-state index contributed by atoms with van der Waals surface area (Å²) in [6, 6.07) is 1.20. The number of hydrogen-bond donors (Lipinski definition) is 1. The van der Waals surface area contributed by atoms with E-state index in [1.54, 1.807) is 18.3 Å². The molecule has 0 aliphatic rings. The number of likely N-dealkylation sites (N-methyl/N-ethyl adjacent to an activating group) is 1. The van der Waals surface area contributed by atoms with Gasteiger partial charge < -0.3 is 10.0 Å². The van der Waals surface area contributed by atoms with Gasteiger partial charge in [-0.05, 0) is 17.9 Å². The van der Waals surface area contributed by atoms with E-state index in [1.165, 1.54) is 23.3 Å². The van der Waals surface area contributed by atoms with E-state index in [0.29, 0.717) is 12.1 Å². The molecule has 1 amide bonds. The summed E-state index contributed by atoms with van der Waals surface area (Å²) in [5.74, 6) is -1.21. The summed E-state index contributed by atoms with van der Waals surface area (Å²) in [5.41, 5.74) is 1.73. The third-order valence-corrected chi connectivity index (χ3v) is 4.81. The van der Waals surface area contributed by atoms with Crippen molar-refractivity contribution in [3.63, 3.8) is 0 Å². The smallest absolute Gasteiger partial charge is 0.326 e. The van der Waals surface area contributed by atoms with Crippen molar-refractivity contribution in [2.75, 3.05) is 7.05 Å². The number of aliphatic carboxylic acids is 1. The first-order chi connectivity index (χ1) is 10.0. The summed E-state index contributed by atoms with van der Waals surface area (Å²) in [6.07, 6.45) is 0.510. The highest BCUT2D eigenvalue weighted by atomic mass is 32.1. The predicted molar refractivity (Wildman–Crippen MR) is 83.6 cm³/mol. The summed E-state index contributed by atoms with van der Waals surface area (Å²) in [5, 5.41) is 15.8. The number of nitrogens with zero attached hydrogens (tertiary/aromatic N) is 2. The molecule has 0 aliphatic carbocycles. The molecule has 0 spiro atoms. The van der Waals surface area contributed by atoms with Gasteiger partial charge >= 0.3 is 5.97 Å². The van der Waals surface area contributed by atoms with Gasteiger partial charge in [0.2, 0.25) is 5.91 Å². The number of carboxylic acids is 1. The molecule has 7 heteroatoms. The minimum atomic E-state index is -0.981. The second kappa shape index (κ2) is 6.82. The van der Waals surface area contributed by atoms with Crippen LogP contribution < -0.4 is 0 Å². The predicted octanol–water partition coefficient (Wildman–Crippen LogP) is 2.74. The highest BCUT2D eigenvalue weighted by Crippen LogP contribution is 2.26. The average molecular weight is 324 g/mol.